The molecule has 2 aliphatic rings. The molecule has 2 aliphatic heterocycles. The van der Waals surface area contributed by atoms with Crippen LogP contribution in [-0.2, 0) is 21.1 Å². The third-order valence-electron chi connectivity index (χ3n) is 6.17. The van der Waals surface area contributed by atoms with Crippen LogP contribution in [-0.4, -0.2) is 28.0 Å². The highest BCUT2D eigenvalue weighted by atomic mass is 32.2. The van der Waals surface area contributed by atoms with Crippen LogP contribution in [0.5, 0.6) is 0 Å². The number of nitrogens with zero attached hydrogens (tertiary/aromatic N) is 3. The number of hydrogen-bond acceptors (Lipinski definition) is 4. The van der Waals surface area contributed by atoms with Crippen LogP contribution in [0.15, 0.2) is 82.7 Å². The minimum absolute atomic E-state index is 0.154. The van der Waals surface area contributed by atoms with Crippen LogP contribution in [0.4, 0.5) is 5.69 Å². The summed E-state index contributed by atoms with van der Waals surface area (Å²) < 4.78 is 13.6. The number of hydrogen-bond donors (Lipinski definition) is 1. The van der Waals surface area contributed by atoms with Crippen molar-refractivity contribution in [2.75, 3.05) is 7.05 Å². The number of fused-ring (bicyclic) bond motifs is 2. The van der Waals surface area contributed by atoms with Gasteiger partial charge in [0.15, 0.2) is 17.2 Å². The topological polar surface area (TPSA) is 80.1 Å². The summed E-state index contributed by atoms with van der Waals surface area (Å²) >= 11 is 0. The molecule has 6 nitrogen and oxygen atoms in total. The Balaban J connectivity index is 1.73. The summed E-state index contributed by atoms with van der Waals surface area (Å²) in [5.74, 6) is -0.0678. The lowest BCUT2D eigenvalue weighted by Crippen LogP contribution is -2.44. The molecule has 3 atom stereocenters. The number of guanidine groups is 1. The molecule has 3 aromatic rings. The van der Waals surface area contributed by atoms with Gasteiger partial charge in [-0.1, -0.05) is 54.6 Å². The van der Waals surface area contributed by atoms with E-state index in [1.54, 1.807) is 19.2 Å². The number of aliphatic imine (C=N–C) groups is 1. The van der Waals surface area contributed by atoms with Crippen molar-refractivity contribution in [1.29, 1.82) is 0 Å². The van der Waals surface area contributed by atoms with Gasteiger partial charge in [-0.15, -0.1) is 0 Å². The SMILES string of the molecule is [C-]#[N+]c1cccc(-c2ccc3c(c2)C2(CC(c4ccccc4)S3=O)N=C(N)N(C)C2=O)c1. The molecule has 2 N–H and O–H groups in total. The zero-order valence-electron chi connectivity index (χ0n) is 17.4. The van der Waals surface area contributed by atoms with Gasteiger partial charge in [-0.05, 0) is 34.9 Å². The summed E-state index contributed by atoms with van der Waals surface area (Å²) in [6.45, 7) is 7.29. The molecular weight excluding hydrogens is 420 g/mol. The van der Waals surface area contributed by atoms with E-state index in [1.165, 1.54) is 4.90 Å². The van der Waals surface area contributed by atoms with Crippen molar-refractivity contribution in [1.82, 2.24) is 4.90 Å². The quantitative estimate of drug-likeness (QED) is 0.608. The lowest BCUT2D eigenvalue weighted by atomic mass is 9.82. The average Bonchev–Trinajstić information content (AvgIpc) is 3.05. The molecule has 2 heterocycles. The molecule has 0 radical (unpaired) electrons. The second-order valence-corrected chi connectivity index (χ2v) is 9.57. The van der Waals surface area contributed by atoms with Gasteiger partial charge in [0.25, 0.3) is 5.91 Å². The number of nitrogens with two attached hydrogens (primary N) is 1. The van der Waals surface area contributed by atoms with Crippen molar-refractivity contribution in [3.63, 3.8) is 0 Å². The fourth-order valence-electron chi connectivity index (χ4n) is 4.49. The molecule has 1 amide bonds. The Morgan fingerprint density at radius 3 is 2.53 bits per heavy atom. The molecule has 1 spiro atoms. The van der Waals surface area contributed by atoms with Gasteiger partial charge in [0.1, 0.15) is 0 Å². The molecule has 5 rings (SSSR count). The van der Waals surface area contributed by atoms with Crippen LogP contribution in [0.25, 0.3) is 16.0 Å². The molecule has 3 unspecified atom stereocenters. The summed E-state index contributed by atoms with van der Waals surface area (Å²) in [5, 5.41) is -0.382. The summed E-state index contributed by atoms with van der Waals surface area (Å²) in [6, 6.07) is 22.5. The lowest BCUT2D eigenvalue weighted by molar-refractivity contribution is -0.131. The molecule has 0 aromatic heterocycles. The minimum atomic E-state index is -1.36. The molecule has 0 bridgehead atoms. The molecule has 158 valence electrons. The third kappa shape index (κ3) is 2.95. The Morgan fingerprint density at radius 2 is 1.84 bits per heavy atom. The standard InChI is InChI=1S/C25H20N4O2S/c1-27-19-10-6-9-17(13-19)18-11-12-21-20(14-18)25(23(30)29(2)24(26)28-25)15-22(32(21)31)16-7-4-3-5-8-16/h3-14,22H,15H2,2H3,(H2,26,28). The van der Waals surface area contributed by atoms with E-state index in [2.05, 4.69) is 9.84 Å². The number of rotatable bonds is 2. The molecular formula is C25H20N4O2S. The third-order valence-corrected chi connectivity index (χ3v) is 7.91. The number of benzene rings is 3. The highest BCUT2D eigenvalue weighted by Gasteiger charge is 2.54. The van der Waals surface area contributed by atoms with Crippen molar-refractivity contribution < 1.29 is 9.00 Å². The zero-order valence-corrected chi connectivity index (χ0v) is 18.2. The second-order valence-electron chi connectivity index (χ2n) is 7.97. The smallest absolute Gasteiger partial charge is 0.261 e. The highest BCUT2D eigenvalue weighted by Crippen LogP contribution is 2.50. The number of carbonyl (C=O) groups is 1. The predicted octanol–water partition coefficient (Wildman–Crippen LogP) is 4.14. The summed E-state index contributed by atoms with van der Waals surface area (Å²) in [4.78, 5) is 23.6. The van der Waals surface area contributed by atoms with Crippen LogP contribution >= 0.6 is 0 Å². The monoisotopic (exact) mass is 440 g/mol. The maximum absolute atomic E-state index is 13.6. The maximum atomic E-state index is 13.6. The molecule has 0 aliphatic carbocycles. The Bertz CT molecular complexity index is 1350. The fraction of sp³-hybridized carbons (Fsp3) is 0.160. The van der Waals surface area contributed by atoms with Gasteiger partial charge < -0.3 is 5.73 Å². The summed E-state index contributed by atoms with van der Waals surface area (Å²) in [5.41, 5.74) is 8.59. The van der Waals surface area contributed by atoms with Gasteiger partial charge in [0.05, 0.1) is 22.6 Å². The van der Waals surface area contributed by atoms with E-state index in [-0.39, 0.29) is 23.5 Å². The molecule has 7 heteroatoms. The van der Waals surface area contributed by atoms with Gasteiger partial charge in [0, 0.05) is 23.9 Å². The number of likely N-dealkylation sites (N-methyl/N-ethyl adjacent to an activating group) is 1. The summed E-state index contributed by atoms with van der Waals surface area (Å²) in [6.07, 6.45) is 0.270. The van der Waals surface area contributed by atoms with E-state index in [0.717, 1.165) is 16.7 Å². The second kappa shape index (κ2) is 7.43. The highest BCUT2D eigenvalue weighted by molar-refractivity contribution is 7.85. The normalized spacial score (nSPS) is 24.2. The van der Waals surface area contributed by atoms with Gasteiger partial charge in [-0.2, -0.15) is 0 Å². The minimum Gasteiger partial charge on any atom is -0.369 e. The first kappa shape index (κ1) is 20.2. The van der Waals surface area contributed by atoms with Crippen molar-refractivity contribution in [2.45, 2.75) is 22.1 Å². The molecule has 0 fully saturated rings. The van der Waals surface area contributed by atoms with Crippen LogP contribution in [0.2, 0.25) is 0 Å². The van der Waals surface area contributed by atoms with E-state index in [9.17, 15) is 9.00 Å². The Labute approximate surface area is 188 Å². The first-order chi connectivity index (χ1) is 15.4. The first-order valence-corrected chi connectivity index (χ1v) is 11.4. The van der Waals surface area contributed by atoms with Crippen molar-refractivity contribution >= 4 is 28.4 Å². The van der Waals surface area contributed by atoms with E-state index in [4.69, 9.17) is 12.3 Å². The zero-order chi connectivity index (χ0) is 22.5. The van der Waals surface area contributed by atoms with Crippen molar-refractivity contribution in [3.8, 4) is 11.1 Å². The molecule has 0 saturated heterocycles. The largest absolute Gasteiger partial charge is 0.369 e. The van der Waals surface area contributed by atoms with Gasteiger partial charge in [-0.3, -0.25) is 13.9 Å². The van der Waals surface area contributed by atoms with Gasteiger partial charge in [-0.25, -0.2) is 9.84 Å². The molecule has 3 aromatic carbocycles. The molecule has 0 saturated carbocycles. The van der Waals surface area contributed by atoms with Crippen molar-refractivity contribution in [2.24, 2.45) is 10.7 Å². The predicted molar refractivity (Wildman–Crippen MR) is 124 cm³/mol. The fourth-order valence-corrected chi connectivity index (χ4v) is 6.24. The Kier molecular flexibility index (Phi) is 4.68. The maximum Gasteiger partial charge on any atom is 0.261 e. The number of amides is 1. The van der Waals surface area contributed by atoms with Crippen molar-refractivity contribution in [3.05, 3.63) is 95.3 Å². The molecule has 32 heavy (non-hydrogen) atoms. The lowest BCUT2D eigenvalue weighted by Gasteiger charge is -2.36. The summed E-state index contributed by atoms with van der Waals surface area (Å²) in [7, 11) is 0.249. The van der Waals surface area contributed by atoms with Crippen LogP contribution in [0.1, 0.15) is 22.8 Å². The van der Waals surface area contributed by atoms with Gasteiger partial charge >= 0.3 is 0 Å². The van der Waals surface area contributed by atoms with E-state index < -0.39 is 16.3 Å². The van der Waals surface area contributed by atoms with E-state index >= 15 is 0 Å². The van der Waals surface area contributed by atoms with Crippen LogP contribution in [0.3, 0.4) is 0 Å². The Hall–Kier alpha value is -3.76. The van der Waals surface area contributed by atoms with E-state index in [0.29, 0.717) is 16.1 Å². The van der Waals surface area contributed by atoms with Gasteiger partial charge in [0.2, 0.25) is 0 Å². The van der Waals surface area contributed by atoms with Crippen LogP contribution < -0.4 is 5.73 Å². The average molecular weight is 441 g/mol. The number of carbonyl (C=O) groups excluding carboxylic acids is 1. The first-order valence-electron chi connectivity index (χ1n) is 10.2. The Morgan fingerprint density at radius 1 is 1.09 bits per heavy atom. The van der Waals surface area contributed by atoms with Crippen LogP contribution in [0, 0.1) is 6.57 Å². The van der Waals surface area contributed by atoms with E-state index in [1.807, 2.05) is 60.7 Å².